The van der Waals surface area contributed by atoms with Gasteiger partial charge in [0.05, 0.1) is 11.9 Å². The Balaban J connectivity index is 1.79. The molecule has 1 heterocycles. The third kappa shape index (κ3) is 4.47. The number of hydrogen-bond donors (Lipinski definition) is 3. The molecule has 0 fully saturated rings. The molecule has 0 aliphatic carbocycles. The fourth-order valence-electron chi connectivity index (χ4n) is 3.44. The molecule has 4 aromatic rings. The van der Waals surface area contributed by atoms with Crippen LogP contribution in [0.2, 0.25) is 0 Å². The lowest BCUT2D eigenvalue weighted by Gasteiger charge is -2.12. The van der Waals surface area contributed by atoms with E-state index in [-0.39, 0.29) is 34.6 Å². The summed E-state index contributed by atoms with van der Waals surface area (Å²) in [6.45, 7) is 0.174. The summed E-state index contributed by atoms with van der Waals surface area (Å²) in [5.41, 5.74) is 11.3. The molecule has 5 N–H and O–H groups in total. The van der Waals surface area contributed by atoms with Crippen molar-refractivity contribution in [2.24, 2.45) is 11.5 Å². The van der Waals surface area contributed by atoms with Crippen molar-refractivity contribution < 1.29 is 14.4 Å². The summed E-state index contributed by atoms with van der Waals surface area (Å²) in [5, 5.41) is 7.63. The molecular formula is C24H19N5O4. The van der Waals surface area contributed by atoms with Gasteiger partial charge >= 0.3 is 0 Å². The second-order valence-electron chi connectivity index (χ2n) is 7.32. The van der Waals surface area contributed by atoms with E-state index in [9.17, 15) is 19.2 Å². The van der Waals surface area contributed by atoms with Gasteiger partial charge in [-0.3, -0.25) is 19.2 Å². The lowest BCUT2D eigenvalue weighted by atomic mass is 10.1. The maximum atomic E-state index is 13.2. The molecular weight excluding hydrogens is 422 g/mol. The number of primary amides is 2. The number of nitrogens with zero attached hydrogens (tertiary/aromatic N) is 2. The molecule has 0 aliphatic rings. The molecule has 33 heavy (non-hydrogen) atoms. The molecule has 0 saturated heterocycles. The lowest BCUT2D eigenvalue weighted by Crippen LogP contribution is -2.28. The van der Waals surface area contributed by atoms with Crippen LogP contribution in [0.4, 0.5) is 5.69 Å². The number of carbonyl (C=O) groups excluding carboxylic acids is 3. The van der Waals surface area contributed by atoms with E-state index in [1.165, 1.54) is 22.9 Å². The Bertz CT molecular complexity index is 1430. The van der Waals surface area contributed by atoms with Gasteiger partial charge in [0.1, 0.15) is 0 Å². The van der Waals surface area contributed by atoms with Crippen LogP contribution in [-0.2, 0) is 6.54 Å². The van der Waals surface area contributed by atoms with E-state index >= 15 is 0 Å². The number of anilines is 1. The summed E-state index contributed by atoms with van der Waals surface area (Å²) in [5.74, 6) is -2.20. The van der Waals surface area contributed by atoms with E-state index in [1.807, 2.05) is 30.3 Å². The van der Waals surface area contributed by atoms with Gasteiger partial charge in [-0.25, -0.2) is 4.68 Å². The Morgan fingerprint density at radius 2 is 1.39 bits per heavy atom. The molecule has 9 nitrogen and oxygen atoms in total. The van der Waals surface area contributed by atoms with E-state index in [1.54, 1.807) is 24.3 Å². The second-order valence-corrected chi connectivity index (χ2v) is 7.32. The monoisotopic (exact) mass is 441 g/mol. The van der Waals surface area contributed by atoms with Gasteiger partial charge in [-0.2, -0.15) is 5.10 Å². The fraction of sp³-hybridized carbons (Fsp3) is 0.0417. The first-order valence-electron chi connectivity index (χ1n) is 9.93. The number of amides is 3. The molecule has 0 atom stereocenters. The van der Waals surface area contributed by atoms with Gasteiger partial charge in [0.2, 0.25) is 11.8 Å². The van der Waals surface area contributed by atoms with Crippen LogP contribution in [0.3, 0.4) is 0 Å². The highest BCUT2D eigenvalue weighted by atomic mass is 16.2. The van der Waals surface area contributed by atoms with Crippen molar-refractivity contribution in [2.45, 2.75) is 6.54 Å². The SMILES string of the molecule is NC(=O)c1cc(NC(=O)c2nn(Cc3ccccc3)c(=O)c3ccccc23)cc(C(N)=O)c1. The highest BCUT2D eigenvalue weighted by Crippen LogP contribution is 2.19. The van der Waals surface area contributed by atoms with Gasteiger partial charge in [-0.1, -0.05) is 48.5 Å². The van der Waals surface area contributed by atoms with Crippen LogP contribution in [0.25, 0.3) is 10.8 Å². The molecule has 4 rings (SSSR count). The number of fused-ring (bicyclic) bond motifs is 1. The standard InChI is InChI=1S/C24H19N5O4/c25-21(30)15-10-16(22(26)31)12-17(11-15)27-23(32)20-18-8-4-5-9-19(18)24(33)29(28-20)13-14-6-2-1-3-7-14/h1-12H,13H2,(H2,25,30)(H2,26,31)(H,27,32). The number of nitrogens with two attached hydrogens (primary N) is 2. The number of carbonyl (C=O) groups is 3. The normalized spacial score (nSPS) is 10.7. The third-order valence-corrected chi connectivity index (χ3v) is 5.02. The van der Waals surface area contributed by atoms with Gasteiger partial charge in [0.15, 0.2) is 5.69 Å². The molecule has 0 spiro atoms. The van der Waals surface area contributed by atoms with Crippen LogP contribution in [0.15, 0.2) is 77.6 Å². The summed E-state index contributed by atoms with van der Waals surface area (Å²) < 4.78 is 1.22. The minimum absolute atomic E-state index is 0.00577. The Kier molecular flexibility index (Phi) is 5.69. The van der Waals surface area contributed by atoms with Crippen LogP contribution < -0.4 is 22.3 Å². The zero-order chi connectivity index (χ0) is 23.5. The molecule has 0 aliphatic heterocycles. The van der Waals surface area contributed by atoms with Crippen LogP contribution in [0.1, 0.15) is 36.8 Å². The number of rotatable bonds is 6. The average Bonchev–Trinajstić information content (AvgIpc) is 2.81. The lowest BCUT2D eigenvalue weighted by molar-refractivity contribution is 0.0993. The first kappa shape index (κ1) is 21.4. The summed E-state index contributed by atoms with van der Waals surface area (Å²) >= 11 is 0. The molecule has 9 heteroatoms. The maximum absolute atomic E-state index is 13.2. The Morgan fingerprint density at radius 3 is 2.00 bits per heavy atom. The summed E-state index contributed by atoms with van der Waals surface area (Å²) in [4.78, 5) is 49.4. The van der Waals surface area contributed by atoms with E-state index in [4.69, 9.17) is 11.5 Å². The molecule has 164 valence electrons. The number of aromatic nitrogens is 2. The predicted octanol–water partition coefficient (Wildman–Crippen LogP) is 1.89. The van der Waals surface area contributed by atoms with Crippen molar-refractivity contribution in [1.29, 1.82) is 0 Å². The van der Waals surface area contributed by atoms with Crippen LogP contribution in [-0.4, -0.2) is 27.5 Å². The Morgan fingerprint density at radius 1 is 0.818 bits per heavy atom. The molecule has 0 unspecified atom stereocenters. The van der Waals surface area contributed by atoms with Crippen molar-refractivity contribution in [1.82, 2.24) is 9.78 Å². The highest BCUT2D eigenvalue weighted by molar-refractivity contribution is 6.12. The minimum Gasteiger partial charge on any atom is -0.366 e. The van der Waals surface area contributed by atoms with Crippen molar-refractivity contribution >= 4 is 34.2 Å². The number of hydrogen-bond acceptors (Lipinski definition) is 5. The molecule has 3 amide bonds. The quantitative estimate of drug-likeness (QED) is 0.418. The van der Waals surface area contributed by atoms with Crippen molar-refractivity contribution in [2.75, 3.05) is 5.32 Å². The fourth-order valence-corrected chi connectivity index (χ4v) is 3.44. The summed E-state index contributed by atoms with van der Waals surface area (Å²) in [7, 11) is 0. The molecule has 0 radical (unpaired) electrons. The Labute approximate surface area is 187 Å². The minimum atomic E-state index is -0.784. The third-order valence-electron chi connectivity index (χ3n) is 5.02. The van der Waals surface area contributed by atoms with Crippen molar-refractivity contribution in [3.8, 4) is 0 Å². The number of nitrogens with one attached hydrogen (secondary N) is 1. The molecule has 0 bridgehead atoms. The number of benzene rings is 3. The molecule has 1 aromatic heterocycles. The zero-order valence-corrected chi connectivity index (χ0v) is 17.3. The van der Waals surface area contributed by atoms with Crippen LogP contribution in [0, 0.1) is 0 Å². The predicted molar refractivity (Wildman–Crippen MR) is 123 cm³/mol. The van der Waals surface area contributed by atoms with E-state index in [0.29, 0.717) is 10.8 Å². The average molecular weight is 441 g/mol. The van der Waals surface area contributed by atoms with Gasteiger partial charge < -0.3 is 16.8 Å². The van der Waals surface area contributed by atoms with E-state index in [2.05, 4.69) is 10.4 Å². The highest BCUT2D eigenvalue weighted by Gasteiger charge is 2.18. The second kappa shape index (κ2) is 8.75. The molecule has 3 aromatic carbocycles. The van der Waals surface area contributed by atoms with Crippen LogP contribution >= 0.6 is 0 Å². The van der Waals surface area contributed by atoms with Gasteiger partial charge in [0, 0.05) is 22.2 Å². The van der Waals surface area contributed by atoms with Gasteiger partial charge in [0.25, 0.3) is 11.5 Å². The largest absolute Gasteiger partial charge is 0.366 e. The van der Waals surface area contributed by atoms with E-state index < -0.39 is 17.7 Å². The topological polar surface area (TPSA) is 150 Å². The van der Waals surface area contributed by atoms with Crippen molar-refractivity contribution in [3.05, 3.63) is 106 Å². The van der Waals surface area contributed by atoms with E-state index in [0.717, 1.165) is 5.56 Å². The van der Waals surface area contributed by atoms with Gasteiger partial charge in [-0.15, -0.1) is 0 Å². The summed E-state index contributed by atoms with van der Waals surface area (Å²) in [6.07, 6.45) is 0. The smallest absolute Gasteiger partial charge is 0.276 e. The first-order valence-corrected chi connectivity index (χ1v) is 9.93. The van der Waals surface area contributed by atoms with Crippen LogP contribution in [0.5, 0.6) is 0 Å². The van der Waals surface area contributed by atoms with Gasteiger partial charge in [-0.05, 0) is 29.8 Å². The molecule has 0 saturated carbocycles. The first-order chi connectivity index (χ1) is 15.8. The maximum Gasteiger partial charge on any atom is 0.276 e. The summed E-state index contributed by atoms with van der Waals surface area (Å²) in [6, 6.07) is 19.8. The Hall–Kier alpha value is -4.79. The van der Waals surface area contributed by atoms with Crippen molar-refractivity contribution in [3.63, 3.8) is 0 Å². The zero-order valence-electron chi connectivity index (χ0n) is 17.3.